The van der Waals surface area contributed by atoms with Gasteiger partial charge in [-0.3, -0.25) is 0 Å². The Morgan fingerprint density at radius 3 is 2.70 bits per heavy atom. The SMILES string of the molecule is CC(Nc1nc(N)nc(N)c1C#N)c1cn(-c2cccc(S(C)(=O)=O)c2)c2nccc(Cl)c12. The predicted octanol–water partition coefficient (Wildman–Crippen LogP) is 3.08. The molecule has 10 nitrogen and oxygen atoms in total. The Morgan fingerprint density at radius 1 is 1.24 bits per heavy atom. The van der Waals surface area contributed by atoms with Gasteiger partial charge in [-0.05, 0) is 31.2 Å². The van der Waals surface area contributed by atoms with Crippen LogP contribution >= 0.6 is 11.6 Å². The summed E-state index contributed by atoms with van der Waals surface area (Å²) in [5.74, 6) is 0.0929. The smallest absolute Gasteiger partial charge is 0.224 e. The van der Waals surface area contributed by atoms with Gasteiger partial charge in [0.05, 0.1) is 16.0 Å². The number of hydrogen-bond acceptors (Lipinski definition) is 9. The zero-order valence-corrected chi connectivity index (χ0v) is 19.2. The number of nitrogens with zero attached hydrogens (tertiary/aromatic N) is 5. The third-order valence-corrected chi connectivity index (χ3v) is 6.50. The quantitative estimate of drug-likeness (QED) is 0.387. The molecular weight excluding hydrogens is 464 g/mol. The van der Waals surface area contributed by atoms with E-state index in [4.69, 9.17) is 23.1 Å². The number of pyridine rings is 1. The van der Waals surface area contributed by atoms with E-state index in [1.165, 1.54) is 6.07 Å². The number of rotatable bonds is 5. The standard InChI is InChI=1S/C21H19ClN8O2S/c1-11(27-19-14(9-23)18(24)28-21(25)29-19)15-10-30(20-17(15)16(22)6-7-26-20)12-4-3-5-13(8-12)33(2,31)32/h3-8,10-11H,1-2H3,(H5,24,25,27,28,29). The van der Waals surface area contributed by atoms with Crippen molar-refractivity contribution < 1.29 is 8.42 Å². The highest BCUT2D eigenvalue weighted by atomic mass is 35.5. The second-order valence-electron chi connectivity index (χ2n) is 7.38. The number of nitrogen functional groups attached to an aromatic ring is 2. The van der Waals surface area contributed by atoms with Crippen molar-refractivity contribution in [2.45, 2.75) is 17.9 Å². The lowest BCUT2D eigenvalue weighted by Gasteiger charge is -2.16. The van der Waals surface area contributed by atoms with Crippen LogP contribution in [0.25, 0.3) is 16.7 Å². The first-order valence-corrected chi connectivity index (χ1v) is 11.9. The van der Waals surface area contributed by atoms with E-state index in [1.807, 2.05) is 19.2 Å². The van der Waals surface area contributed by atoms with Gasteiger partial charge < -0.3 is 21.4 Å². The highest BCUT2D eigenvalue weighted by Gasteiger charge is 2.21. The first kappa shape index (κ1) is 22.3. The van der Waals surface area contributed by atoms with Crippen LogP contribution in [0, 0.1) is 11.3 Å². The number of anilines is 3. The summed E-state index contributed by atoms with van der Waals surface area (Å²) in [6.07, 6.45) is 4.53. The molecule has 5 N–H and O–H groups in total. The van der Waals surface area contributed by atoms with Crippen LogP contribution < -0.4 is 16.8 Å². The Hall–Kier alpha value is -3.88. The van der Waals surface area contributed by atoms with E-state index in [0.717, 1.165) is 11.8 Å². The summed E-state index contributed by atoms with van der Waals surface area (Å²) in [4.78, 5) is 12.6. The molecule has 12 heteroatoms. The highest BCUT2D eigenvalue weighted by Crippen LogP contribution is 2.35. The fourth-order valence-corrected chi connectivity index (χ4v) is 4.44. The molecule has 0 amide bonds. The molecule has 4 rings (SSSR count). The molecule has 1 atom stereocenters. The maximum absolute atomic E-state index is 12.1. The van der Waals surface area contributed by atoms with E-state index >= 15 is 0 Å². The molecule has 3 heterocycles. The topological polar surface area (TPSA) is 166 Å². The average molecular weight is 483 g/mol. The second kappa shape index (κ2) is 8.23. The number of hydrogen-bond donors (Lipinski definition) is 3. The van der Waals surface area contributed by atoms with Crippen LogP contribution in [-0.4, -0.2) is 34.2 Å². The van der Waals surface area contributed by atoms with Crippen LogP contribution in [0.5, 0.6) is 0 Å². The summed E-state index contributed by atoms with van der Waals surface area (Å²) in [6, 6.07) is 9.77. The van der Waals surface area contributed by atoms with Crippen LogP contribution in [0.2, 0.25) is 5.02 Å². The summed E-state index contributed by atoms with van der Waals surface area (Å²) in [5, 5.41) is 13.7. The molecule has 0 saturated carbocycles. The molecule has 3 aromatic heterocycles. The van der Waals surface area contributed by atoms with Crippen molar-refractivity contribution in [2.75, 3.05) is 23.0 Å². The summed E-state index contributed by atoms with van der Waals surface area (Å²) in [7, 11) is -3.40. The van der Waals surface area contributed by atoms with Gasteiger partial charge in [-0.25, -0.2) is 13.4 Å². The number of aromatic nitrogens is 4. The number of halogens is 1. The highest BCUT2D eigenvalue weighted by molar-refractivity contribution is 7.90. The predicted molar refractivity (Wildman–Crippen MR) is 127 cm³/mol. The third-order valence-electron chi connectivity index (χ3n) is 5.07. The van der Waals surface area contributed by atoms with Crippen LogP contribution in [0.3, 0.4) is 0 Å². The molecule has 0 aliphatic heterocycles. The van der Waals surface area contributed by atoms with Crippen molar-refractivity contribution >= 4 is 50.1 Å². The van der Waals surface area contributed by atoms with E-state index in [-0.39, 0.29) is 28.0 Å². The summed E-state index contributed by atoms with van der Waals surface area (Å²) >= 11 is 6.53. The van der Waals surface area contributed by atoms with Gasteiger partial charge in [-0.1, -0.05) is 17.7 Å². The number of nitrogens with two attached hydrogens (primary N) is 2. The Bertz CT molecular complexity index is 1540. The lowest BCUT2D eigenvalue weighted by Crippen LogP contribution is -2.13. The van der Waals surface area contributed by atoms with Crippen molar-refractivity contribution in [1.82, 2.24) is 19.5 Å². The zero-order chi connectivity index (χ0) is 23.9. The van der Waals surface area contributed by atoms with Crippen molar-refractivity contribution in [2.24, 2.45) is 0 Å². The maximum atomic E-state index is 12.1. The van der Waals surface area contributed by atoms with Crippen molar-refractivity contribution in [3.05, 3.63) is 58.9 Å². The lowest BCUT2D eigenvalue weighted by atomic mass is 10.1. The average Bonchev–Trinajstić information content (AvgIpc) is 3.14. The van der Waals surface area contributed by atoms with E-state index in [2.05, 4.69) is 20.3 Å². The molecule has 0 aliphatic rings. The van der Waals surface area contributed by atoms with E-state index in [9.17, 15) is 13.7 Å². The molecule has 0 bridgehead atoms. The lowest BCUT2D eigenvalue weighted by molar-refractivity contribution is 0.602. The summed E-state index contributed by atoms with van der Waals surface area (Å²) in [5.41, 5.74) is 13.5. The number of nitriles is 1. The van der Waals surface area contributed by atoms with Crippen LogP contribution in [-0.2, 0) is 9.84 Å². The monoisotopic (exact) mass is 482 g/mol. The van der Waals surface area contributed by atoms with Crippen molar-refractivity contribution in [3.63, 3.8) is 0 Å². The maximum Gasteiger partial charge on any atom is 0.224 e. The van der Waals surface area contributed by atoms with Gasteiger partial charge in [0.25, 0.3) is 0 Å². The number of benzene rings is 1. The van der Waals surface area contributed by atoms with Gasteiger partial charge in [-0.15, -0.1) is 0 Å². The normalized spacial score (nSPS) is 12.4. The van der Waals surface area contributed by atoms with Crippen LogP contribution in [0.1, 0.15) is 24.1 Å². The number of sulfone groups is 1. The second-order valence-corrected chi connectivity index (χ2v) is 9.81. The molecule has 0 fully saturated rings. The molecule has 0 spiro atoms. The molecule has 4 aromatic rings. The molecule has 0 saturated heterocycles. The Kier molecular flexibility index (Phi) is 5.57. The Morgan fingerprint density at radius 2 is 2.00 bits per heavy atom. The Balaban J connectivity index is 1.87. The largest absolute Gasteiger partial charge is 0.382 e. The molecule has 33 heavy (non-hydrogen) atoms. The third kappa shape index (κ3) is 4.13. The van der Waals surface area contributed by atoms with Gasteiger partial charge in [-0.2, -0.15) is 15.2 Å². The van der Waals surface area contributed by atoms with Crippen LogP contribution in [0.4, 0.5) is 17.6 Å². The van der Waals surface area contributed by atoms with E-state index < -0.39 is 15.9 Å². The first-order chi connectivity index (χ1) is 15.6. The number of fused-ring (bicyclic) bond motifs is 1. The molecule has 1 aromatic carbocycles. The minimum absolute atomic E-state index is 0.0283. The summed E-state index contributed by atoms with van der Waals surface area (Å²) in [6.45, 7) is 1.85. The molecule has 168 valence electrons. The zero-order valence-electron chi connectivity index (χ0n) is 17.6. The summed E-state index contributed by atoms with van der Waals surface area (Å²) < 4.78 is 25.9. The van der Waals surface area contributed by atoms with Crippen molar-refractivity contribution in [3.8, 4) is 11.8 Å². The molecule has 0 radical (unpaired) electrons. The minimum Gasteiger partial charge on any atom is -0.382 e. The van der Waals surface area contributed by atoms with Gasteiger partial charge in [0, 0.05) is 35.3 Å². The van der Waals surface area contributed by atoms with Gasteiger partial charge >= 0.3 is 0 Å². The van der Waals surface area contributed by atoms with Crippen LogP contribution in [0.15, 0.2) is 47.6 Å². The van der Waals surface area contributed by atoms with Gasteiger partial charge in [0.1, 0.15) is 23.1 Å². The van der Waals surface area contributed by atoms with E-state index in [1.54, 1.807) is 35.0 Å². The molecule has 0 aliphatic carbocycles. The fraction of sp³-hybridized carbons (Fsp3) is 0.143. The van der Waals surface area contributed by atoms with E-state index in [0.29, 0.717) is 21.7 Å². The number of nitrogens with one attached hydrogen (secondary N) is 1. The minimum atomic E-state index is -3.40. The Labute approximate surface area is 194 Å². The van der Waals surface area contributed by atoms with Crippen molar-refractivity contribution in [1.29, 1.82) is 5.26 Å². The molecule has 1 unspecified atom stereocenters. The van der Waals surface area contributed by atoms with Gasteiger partial charge in [0.2, 0.25) is 5.95 Å². The first-order valence-electron chi connectivity index (χ1n) is 9.65. The fourth-order valence-electron chi connectivity index (χ4n) is 3.53. The molecular formula is C21H19ClN8O2S. The van der Waals surface area contributed by atoms with Gasteiger partial charge in [0.15, 0.2) is 15.7 Å².